The third-order valence-electron chi connectivity index (χ3n) is 6.06. The molecule has 4 rings (SSSR count). The first kappa shape index (κ1) is 25.1. The fourth-order valence-electron chi connectivity index (χ4n) is 3.90. The van der Waals surface area contributed by atoms with Crippen molar-refractivity contribution < 1.29 is 19.5 Å². The van der Waals surface area contributed by atoms with Crippen molar-refractivity contribution in [3.05, 3.63) is 87.3 Å². The number of rotatable bonds is 7. The first-order valence-corrected chi connectivity index (χ1v) is 11.8. The quantitative estimate of drug-likeness (QED) is 0.359. The molecule has 0 unspecified atom stereocenters. The Labute approximate surface area is 212 Å². The number of nitrogens with zero attached hydrogens (tertiary/aromatic N) is 3. The second-order valence-corrected chi connectivity index (χ2v) is 9.16. The number of aromatic nitrogens is 2. The van der Waals surface area contributed by atoms with Gasteiger partial charge in [-0.2, -0.15) is 0 Å². The Morgan fingerprint density at radius 1 is 1.11 bits per heavy atom. The molecule has 0 saturated carbocycles. The van der Waals surface area contributed by atoms with Crippen LogP contribution in [0.2, 0.25) is 10.0 Å². The van der Waals surface area contributed by atoms with E-state index >= 15 is 0 Å². The number of halogens is 2. The van der Waals surface area contributed by atoms with Crippen LogP contribution in [0.25, 0.3) is 0 Å². The Bertz CT molecular complexity index is 1230. The molecule has 0 bridgehead atoms. The standard InChI is InChI=1S/C25H24Cl2N4O4/c1-16-22(23(33)18-8-5-9-19(26)21(18)27)28-14-20(29-16)31-12-10-25(15-32,11-13-31)30-35-24(34)17-6-3-2-4-7-17/h2-9,14,30,32H,10-13,15H2,1H3. The number of hydroxylamine groups is 1. The van der Waals surface area contributed by atoms with Crippen LogP contribution in [0.1, 0.15) is 44.9 Å². The Balaban J connectivity index is 1.41. The van der Waals surface area contributed by atoms with Gasteiger partial charge in [0.05, 0.1) is 39.6 Å². The van der Waals surface area contributed by atoms with E-state index in [0.29, 0.717) is 48.0 Å². The maximum Gasteiger partial charge on any atom is 0.356 e. The lowest BCUT2D eigenvalue weighted by Crippen LogP contribution is -2.56. The van der Waals surface area contributed by atoms with Gasteiger partial charge >= 0.3 is 5.97 Å². The summed E-state index contributed by atoms with van der Waals surface area (Å²) in [4.78, 5) is 41.4. The molecule has 2 aromatic carbocycles. The lowest BCUT2D eigenvalue weighted by Gasteiger charge is -2.40. The summed E-state index contributed by atoms with van der Waals surface area (Å²) in [5.74, 6) is -0.247. The molecule has 8 nitrogen and oxygen atoms in total. The molecule has 1 aliphatic heterocycles. The van der Waals surface area contributed by atoms with Crippen LogP contribution in [-0.4, -0.2) is 52.1 Å². The number of carbonyl (C=O) groups is 2. The monoisotopic (exact) mass is 514 g/mol. The van der Waals surface area contributed by atoms with Gasteiger partial charge in [-0.05, 0) is 44.0 Å². The summed E-state index contributed by atoms with van der Waals surface area (Å²) in [5.41, 5.74) is 3.39. The van der Waals surface area contributed by atoms with Gasteiger partial charge in [0.1, 0.15) is 11.5 Å². The number of aliphatic hydroxyl groups is 1. The molecule has 10 heteroatoms. The lowest BCUT2D eigenvalue weighted by atomic mass is 9.89. The average molecular weight is 515 g/mol. The summed E-state index contributed by atoms with van der Waals surface area (Å²) >= 11 is 12.2. The summed E-state index contributed by atoms with van der Waals surface area (Å²) in [7, 11) is 0. The molecule has 0 radical (unpaired) electrons. The van der Waals surface area contributed by atoms with E-state index in [0.717, 1.165) is 0 Å². The van der Waals surface area contributed by atoms with Crippen LogP contribution in [0.4, 0.5) is 5.82 Å². The summed E-state index contributed by atoms with van der Waals surface area (Å²) in [5, 5.41) is 10.5. The molecular weight excluding hydrogens is 491 g/mol. The van der Waals surface area contributed by atoms with E-state index in [1.807, 2.05) is 11.0 Å². The molecule has 3 aromatic rings. The van der Waals surface area contributed by atoms with Crippen LogP contribution in [-0.2, 0) is 4.84 Å². The highest BCUT2D eigenvalue weighted by molar-refractivity contribution is 6.44. The van der Waals surface area contributed by atoms with Gasteiger partial charge in [0, 0.05) is 18.7 Å². The summed E-state index contributed by atoms with van der Waals surface area (Å²) in [6.07, 6.45) is 2.56. The van der Waals surface area contributed by atoms with Gasteiger partial charge in [-0.15, -0.1) is 5.48 Å². The highest BCUT2D eigenvalue weighted by Crippen LogP contribution is 2.29. The van der Waals surface area contributed by atoms with Crippen LogP contribution in [0.15, 0.2) is 54.7 Å². The minimum Gasteiger partial charge on any atom is -0.394 e. The predicted octanol–water partition coefficient (Wildman–Crippen LogP) is 4.02. The molecule has 2 heterocycles. The van der Waals surface area contributed by atoms with E-state index in [9.17, 15) is 14.7 Å². The van der Waals surface area contributed by atoms with E-state index < -0.39 is 11.5 Å². The van der Waals surface area contributed by atoms with Crippen LogP contribution in [0.3, 0.4) is 0 Å². The van der Waals surface area contributed by atoms with E-state index in [-0.39, 0.29) is 28.7 Å². The molecule has 1 fully saturated rings. The van der Waals surface area contributed by atoms with Crippen LogP contribution in [0.5, 0.6) is 0 Å². The fraction of sp³-hybridized carbons (Fsp3) is 0.280. The van der Waals surface area contributed by atoms with E-state index in [2.05, 4.69) is 15.4 Å². The minimum atomic E-state index is -0.761. The predicted molar refractivity (Wildman–Crippen MR) is 133 cm³/mol. The zero-order valence-electron chi connectivity index (χ0n) is 19.0. The van der Waals surface area contributed by atoms with Crippen molar-refractivity contribution in [3.63, 3.8) is 0 Å². The van der Waals surface area contributed by atoms with Crippen molar-refractivity contribution in [2.45, 2.75) is 25.3 Å². The van der Waals surface area contributed by atoms with Crippen molar-refractivity contribution in [2.75, 3.05) is 24.6 Å². The fourth-order valence-corrected chi connectivity index (χ4v) is 4.28. The topological polar surface area (TPSA) is 105 Å². The smallest absolute Gasteiger partial charge is 0.356 e. The molecule has 2 N–H and O–H groups in total. The molecule has 35 heavy (non-hydrogen) atoms. The van der Waals surface area contributed by atoms with Crippen molar-refractivity contribution in [2.24, 2.45) is 0 Å². The van der Waals surface area contributed by atoms with Gasteiger partial charge in [-0.3, -0.25) is 4.79 Å². The van der Waals surface area contributed by atoms with Crippen LogP contribution in [0, 0.1) is 6.92 Å². The zero-order chi connectivity index (χ0) is 25.0. The molecule has 1 saturated heterocycles. The summed E-state index contributed by atoms with van der Waals surface area (Å²) < 4.78 is 0. The third kappa shape index (κ3) is 5.46. The Morgan fingerprint density at radius 3 is 2.49 bits per heavy atom. The molecule has 182 valence electrons. The number of carbonyl (C=O) groups excluding carboxylic acids is 2. The second-order valence-electron chi connectivity index (χ2n) is 8.38. The minimum absolute atomic E-state index is 0.182. The molecule has 0 amide bonds. The molecule has 0 spiro atoms. The Hall–Kier alpha value is -3.04. The highest BCUT2D eigenvalue weighted by Gasteiger charge is 2.36. The number of nitrogens with one attached hydrogen (secondary N) is 1. The number of hydrogen-bond donors (Lipinski definition) is 2. The van der Waals surface area contributed by atoms with E-state index in [1.54, 1.807) is 55.6 Å². The van der Waals surface area contributed by atoms with Crippen molar-refractivity contribution in [3.8, 4) is 0 Å². The summed E-state index contributed by atoms with van der Waals surface area (Å²) in [6.45, 7) is 2.60. The second kappa shape index (κ2) is 10.7. The molecule has 0 aliphatic carbocycles. The Kier molecular flexibility index (Phi) is 7.66. The molecular formula is C25H24Cl2N4O4. The first-order chi connectivity index (χ1) is 16.8. The van der Waals surface area contributed by atoms with Crippen LogP contribution < -0.4 is 10.4 Å². The number of hydrogen-bond acceptors (Lipinski definition) is 8. The van der Waals surface area contributed by atoms with Gasteiger partial charge in [0.25, 0.3) is 0 Å². The van der Waals surface area contributed by atoms with Gasteiger partial charge in [-0.1, -0.05) is 47.5 Å². The lowest BCUT2D eigenvalue weighted by molar-refractivity contribution is -0.0286. The Morgan fingerprint density at radius 2 is 1.83 bits per heavy atom. The zero-order valence-corrected chi connectivity index (χ0v) is 20.5. The number of aryl methyl sites for hydroxylation is 1. The van der Waals surface area contributed by atoms with E-state index in [1.165, 1.54) is 0 Å². The summed E-state index contributed by atoms with van der Waals surface area (Å²) in [6, 6.07) is 13.5. The number of piperidine rings is 1. The van der Waals surface area contributed by atoms with Gasteiger partial charge in [0.2, 0.25) is 5.78 Å². The van der Waals surface area contributed by atoms with Crippen LogP contribution >= 0.6 is 23.2 Å². The molecule has 1 aliphatic rings. The van der Waals surface area contributed by atoms with E-state index in [4.69, 9.17) is 28.0 Å². The molecule has 0 atom stereocenters. The molecule has 1 aromatic heterocycles. The number of benzene rings is 2. The average Bonchev–Trinajstić information content (AvgIpc) is 2.89. The van der Waals surface area contributed by atoms with Gasteiger partial charge in [0.15, 0.2) is 0 Å². The maximum atomic E-state index is 12.9. The third-order valence-corrected chi connectivity index (χ3v) is 6.88. The SMILES string of the molecule is Cc1nc(N2CCC(CO)(NOC(=O)c3ccccc3)CC2)cnc1C(=O)c1cccc(Cl)c1Cl. The first-order valence-electron chi connectivity index (χ1n) is 11.0. The largest absolute Gasteiger partial charge is 0.394 e. The maximum absolute atomic E-state index is 12.9. The van der Waals surface area contributed by atoms with Gasteiger partial charge < -0.3 is 14.8 Å². The number of ketones is 1. The van der Waals surface area contributed by atoms with Crippen molar-refractivity contribution in [1.29, 1.82) is 0 Å². The number of anilines is 1. The van der Waals surface area contributed by atoms with Crippen molar-refractivity contribution in [1.82, 2.24) is 15.4 Å². The normalized spacial score (nSPS) is 15.0. The number of aliphatic hydroxyl groups excluding tert-OH is 1. The van der Waals surface area contributed by atoms with Gasteiger partial charge in [-0.25, -0.2) is 14.8 Å². The van der Waals surface area contributed by atoms with Crippen molar-refractivity contribution >= 4 is 40.8 Å². The highest BCUT2D eigenvalue weighted by atomic mass is 35.5.